The normalized spacial score (nSPS) is 19.6. The van der Waals surface area contributed by atoms with Crippen molar-refractivity contribution < 1.29 is 4.74 Å². The topological polar surface area (TPSA) is 15.7 Å². The first-order valence-electron chi connectivity index (χ1n) is 5.89. The van der Waals surface area contributed by atoms with Gasteiger partial charge in [0.05, 0.1) is 0 Å². The van der Waals surface area contributed by atoms with Crippen molar-refractivity contribution in [2.24, 2.45) is 0 Å². The van der Waals surface area contributed by atoms with Crippen LogP contribution in [-0.4, -0.2) is 61.8 Å². The standard InChI is InChI=1S/C12H26N2O/c1-12(2,3)14-9-11(10-14)13(4)7-6-8-15-5/h11H,6-10H2,1-5H3. The second kappa shape index (κ2) is 5.28. The van der Waals surface area contributed by atoms with E-state index in [1.165, 1.54) is 13.1 Å². The van der Waals surface area contributed by atoms with Gasteiger partial charge in [0, 0.05) is 44.9 Å². The Balaban J connectivity index is 2.15. The van der Waals surface area contributed by atoms with Crippen LogP contribution in [0.2, 0.25) is 0 Å². The molecule has 0 unspecified atom stereocenters. The highest BCUT2D eigenvalue weighted by Gasteiger charge is 2.35. The summed E-state index contributed by atoms with van der Waals surface area (Å²) in [6, 6.07) is 0.751. The highest BCUT2D eigenvalue weighted by Crippen LogP contribution is 2.23. The molecule has 0 aromatic heterocycles. The molecular formula is C12H26N2O. The van der Waals surface area contributed by atoms with Crippen LogP contribution < -0.4 is 0 Å². The molecule has 0 aromatic carbocycles. The predicted molar refractivity (Wildman–Crippen MR) is 64.2 cm³/mol. The molecule has 3 nitrogen and oxygen atoms in total. The highest BCUT2D eigenvalue weighted by molar-refractivity contribution is 4.93. The highest BCUT2D eigenvalue weighted by atomic mass is 16.5. The van der Waals surface area contributed by atoms with Crippen LogP contribution in [0.25, 0.3) is 0 Å². The van der Waals surface area contributed by atoms with E-state index in [1.807, 2.05) is 0 Å². The fraction of sp³-hybridized carbons (Fsp3) is 1.00. The third-order valence-corrected chi connectivity index (χ3v) is 3.29. The molecule has 0 bridgehead atoms. The molecule has 1 aliphatic heterocycles. The molecule has 0 amide bonds. The van der Waals surface area contributed by atoms with Crippen molar-refractivity contribution in [1.29, 1.82) is 0 Å². The molecular weight excluding hydrogens is 188 g/mol. The van der Waals surface area contributed by atoms with Gasteiger partial charge in [0.15, 0.2) is 0 Å². The lowest BCUT2D eigenvalue weighted by Crippen LogP contribution is -2.63. The van der Waals surface area contributed by atoms with Crippen LogP contribution in [-0.2, 0) is 4.74 Å². The molecule has 90 valence electrons. The Morgan fingerprint density at radius 3 is 2.40 bits per heavy atom. The third-order valence-electron chi connectivity index (χ3n) is 3.29. The van der Waals surface area contributed by atoms with Gasteiger partial charge >= 0.3 is 0 Å². The summed E-state index contributed by atoms with van der Waals surface area (Å²) in [5.41, 5.74) is 0.337. The second-order valence-electron chi connectivity index (χ2n) is 5.56. The van der Waals surface area contributed by atoms with E-state index in [2.05, 4.69) is 37.6 Å². The molecule has 0 aliphatic carbocycles. The van der Waals surface area contributed by atoms with Crippen LogP contribution in [0.5, 0.6) is 0 Å². The number of ether oxygens (including phenoxy) is 1. The van der Waals surface area contributed by atoms with E-state index in [0.717, 1.165) is 25.6 Å². The molecule has 15 heavy (non-hydrogen) atoms. The monoisotopic (exact) mass is 214 g/mol. The molecule has 1 heterocycles. The number of hydrogen-bond donors (Lipinski definition) is 0. The summed E-state index contributed by atoms with van der Waals surface area (Å²) in [5, 5.41) is 0. The Labute approximate surface area is 94.4 Å². The van der Waals surface area contributed by atoms with Gasteiger partial charge in [-0.2, -0.15) is 0 Å². The van der Waals surface area contributed by atoms with Gasteiger partial charge in [0.1, 0.15) is 0 Å². The van der Waals surface area contributed by atoms with Crippen LogP contribution in [0.4, 0.5) is 0 Å². The lowest BCUT2D eigenvalue weighted by atomic mass is 9.97. The van der Waals surface area contributed by atoms with Crippen molar-refractivity contribution in [3.05, 3.63) is 0 Å². The molecule has 3 heteroatoms. The Morgan fingerprint density at radius 1 is 1.33 bits per heavy atom. The lowest BCUT2D eigenvalue weighted by molar-refractivity contribution is -0.0144. The van der Waals surface area contributed by atoms with Gasteiger partial charge in [-0.1, -0.05) is 0 Å². The molecule has 1 saturated heterocycles. The van der Waals surface area contributed by atoms with E-state index in [-0.39, 0.29) is 0 Å². The van der Waals surface area contributed by atoms with E-state index in [0.29, 0.717) is 5.54 Å². The first kappa shape index (κ1) is 12.9. The maximum Gasteiger partial charge on any atom is 0.0474 e. The number of nitrogens with zero attached hydrogens (tertiary/aromatic N) is 2. The van der Waals surface area contributed by atoms with Gasteiger partial charge in [0.2, 0.25) is 0 Å². The number of rotatable bonds is 5. The average molecular weight is 214 g/mol. The summed E-state index contributed by atoms with van der Waals surface area (Å²) in [5.74, 6) is 0. The van der Waals surface area contributed by atoms with Gasteiger partial charge < -0.3 is 9.64 Å². The smallest absolute Gasteiger partial charge is 0.0474 e. The molecule has 0 N–H and O–H groups in total. The molecule has 0 radical (unpaired) electrons. The summed E-state index contributed by atoms with van der Waals surface area (Å²) in [6.07, 6.45) is 1.14. The Kier molecular flexibility index (Phi) is 4.56. The molecule has 0 atom stereocenters. The van der Waals surface area contributed by atoms with E-state index in [9.17, 15) is 0 Å². The van der Waals surface area contributed by atoms with Crippen molar-refractivity contribution in [2.75, 3.05) is 40.4 Å². The van der Waals surface area contributed by atoms with E-state index in [1.54, 1.807) is 7.11 Å². The Hall–Kier alpha value is -0.120. The second-order valence-corrected chi connectivity index (χ2v) is 5.56. The zero-order valence-electron chi connectivity index (χ0n) is 10.9. The Morgan fingerprint density at radius 2 is 1.93 bits per heavy atom. The van der Waals surface area contributed by atoms with Crippen LogP contribution in [0, 0.1) is 0 Å². The van der Waals surface area contributed by atoms with E-state index < -0.39 is 0 Å². The van der Waals surface area contributed by atoms with Crippen LogP contribution >= 0.6 is 0 Å². The fourth-order valence-electron chi connectivity index (χ4n) is 1.92. The number of hydrogen-bond acceptors (Lipinski definition) is 3. The minimum Gasteiger partial charge on any atom is -0.385 e. The molecule has 0 aromatic rings. The largest absolute Gasteiger partial charge is 0.385 e. The summed E-state index contributed by atoms with van der Waals surface area (Å²) in [4.78, 5) is 4.99. The molecule has 1 aliphatic rings. The van der Waals surface area contributed by atoms with Crippen LogP contribution in [0.1, 0.15) is 27.2 Å². The summed E-state index contributed by atoms with van der Waals surface area (Å²) in [6.45, 7) is 11.3. The molecule has 0 saturated carbocycles. The molecule has 1 rings (SSSR count). The maximum absolute atomic E-state index is 5.06. The van der Waals surface area contributed by atoms with Gasteiger partial charge in [-0.15, -0.1) is 0 Å². The predicted octanol–water partition coefficient (Wildman–Crippen LogP) is 1.44. The Bertz CT molecular complexity index is 183. The van der Waals surface area contributed by atoms with Crippen LogP contribution in [0.15, 0.2) is 0 Å². The van der Waals surface area contributed by atoms with Gasteiger partial charge in [0.25, 0.3) is 0 Å². The quantitative estimate of drug-likeness (QED) is 0.644. The van der Waals surface area contributed by atoms with Gasteiger partial charge in [-0.25, -0.2) is 0 Å². The van der Waals surface area contributed by atoms with Crippen LogP contribution in [0.3, 0.4) is 0 Å². The number of likely N-dealkylation sites (tertiary alicyclic amines) is 1. The maximum atomic E-state index is 5.06. The van der Waals surface area contributed by atoms with Gasteiger partial charge in [-0.3, -0.25) is 4.90 Å². The van der Waals surface area contributed by atoms with Crippen molar-refractivity contribution >= 4 is 0 Å². The number of likely N-dealkylation sites (N-methyl/N-ethyl adjacent to an activating group) is 1. The summed E-state index contributed by atoms with van der Waals surface area (Å²) >= 11 is 0. The SMILES string of the molecule is COCCCN(C)C1CN(C(C)(C)C)C1. The van der Waals surface area contributed by atoms with Crippen molar-refractivity contribution in [3.63, 3.8) is 0 Å². The van der Waals surface area contributed by atoms with E-state index in [4.69, 9.17) is 4.74 Å². The van der Waals surface area contributed by atoms with Gasteiger partial charge in [-0.05, 0) is 34.2 Å². The van der Waals surface area contributed by atoms with Crippen molar-refractivity contribution in [3.8, 4) is 0 Å². The zero-order chi connectivity index (χ0) is 11.5. The summed E-state index contributed by atoms with van der Waals surface area (Å²) < 4.78 is 5.06. The third kappa shape index (κ3) is 3.74. The lowest BCUT2D eigenvalue weighted by Gasteiger charge is -2.50. The van der Waals surface area contributed by atoms with Crippen molar-refractivity contribution in [2.45, 2.75) is 38.8 Å². The van der Waals surface area contributed by atoms with Crippen molar-refractivity contribution in [1.82, 2.24) is 9.80 Å². The minimum absolute atomic E-state index is 0.337. The molecule has 1 fully saturated rings. The molecule has 0 spiro atoms. The zero-order valence-corrected chi connectivity index (χ0v) is 10.9. The number of methoxy groups -OCH3 is 1. The average Bonchev–Trinajstić information content (AvgIpc) is 1.98. The summed E-state index contributed by atoms with van der Waals surface area (Å²) in [7, 11) is 3.99. The fourth-order valence-corrected chi connectivity index (χ4v) is 1.92. The van der Waals surface area contributed by atoms with E-state index >= 15 is 0 Å². The first-order chi connectivity index (χ1) is 6.95. The first-order valence-corrected chi connectivity index (χ1v) is 5.89. The minimum atomic E-state index is 0.337.